The molecule has 0 atom stereocenters. The fraction of sp³-hybridized carbons (Fsp3) is 0.417. The van der Waals surface area contributed by atoms with Gasteiger partial charge in [-0.2, -0.15) is 0 Å². The largest absolute Gasteiger partial charge is 0.493 e. The Morgan fingerprint density at radius 1 is 0.970 bits per heavy atom. The number of methoxy groups -OCH3 is 3. The van der Waals surface area contributed by atoms with Gasteiger partial charge in [0, 0.05) is 43.2 Å². The summed E-state index contributed by atoms with van der Waals surface area (Å²) in [5, 5.41) is 3.47. The molecule has 33 heavy (non-hydrogen) atoms. The number of carbonyl (C=O) groups is 2. The number of benzene rings is 2. The summed E-state index contributed by atoms with van der Waals surface area (Å²) in [5.74, 6) is 1.04. The van der Waals surface area contributed by atoms with Crippen molar-refractivity contribution in [3.8, 4) is 17.2 Å². The number of rotatable bonds is 8. The van der Waals surface area contributed by atoms with E-state index >= 15 is 0 Å². The maximum atomic E-state index is 13.1. The van der Waals surface area contributed by atoms with E-state index in [1.54, 1.807) is 24.3 Å². The summed E-state index contributed by atoms with van der Waals surface area (Å²) < 4.78 is 16.0. The Labute approximate surface area is 199 Å². The van der Waals surface area contributed by atoms with Crippen LogP contribution in [0.15, 0.2) is 30.3 Å². The molecule has 1 fully saturated rings. The molecule has 8 nitrogen and oxygen atoms in total. The molecule has 1 aliphatic rings. The van der Waals surface area contributed by atoms with Crippen LogP contribution in [0.5, 0.6) is 17.2 Å². The van der Waals surface area contributed by atoms with Crippen molar-refractivity contribution in [1.82, 2.24) is 4.90 Å². The van der Waals surface area contributed by atoms with E-state index in [0.29, 0.717) is 66.1 Å². The summed E-state index contributed by atoms with van der Waals surface area (Å²) >= 11 is 6.24. The summed E-state index contributed by atoms with van der Waals surface area (Å²) in [6.45, 7) is 4.63. The minimum absolute atomic E-state index is 0.184. The summed E-state index contributed by atoms with van der Waals surface area (Å²) in [7, 11) is 4.51. The maximum Gasteiger partial charge on any atom is 0.255 e. The normalized spacial score (nSPS) is 13.5. The third-order valence-corrected chi connectivity index (χ3v) is 5.81. The number of ether oxygens (including phenoxy) is 3. The predicted octanol–water partition coefficient (Wildman–Crippen LogP) is 4.07. The Hall–Kier alpha value is -3.13. The smallest absolute Gasteiger partial charge is 0.255 e. The molecule has 1 heterocycles. The molecule has 1 N–H and O–H groups in total. The van der Waals surface area contributed by atoms with Crippen molar-refractivity contribution < 1.29 is 23.8 Å². The highest BCUT2D eigenvalue weighted by Gasteiger charge is 2.23. The Morgan fingerprint density at radius 3 is 2.15 bits per heavy atom. The molecule has 3 rings (SSSR count). The van der Waals surface area contributed by atoms with Crippen LogP contribution in [0.3, 0.4) is 0 Å². The van der Waals surface area contributed by atoms with E-state index in [2.05, 4.69) is 10.2 Å². The van der Waals surface area contributed by atoms with Gasteiger partial charge in [-0.3, -0.25) is 9.59 Å². The molecular weight excluding hydrogens is 446 g/mol. The van der Waals surface area contributed by atoms with E-state index in [9.17, 15) is 9.59 Å². The Balaban J connectivity index is 1.82. The Kier molecular flexibility index (Phi) is 8.27. The van der Waals surface area contributed by atoms with Crippen molar-refractivity contribution in [2.75, 3.05) is 57.7 Å². The first-order chi connectivity index (χ1) is 15.9. The summed E-state index contributed by atoms with van der Waals surface area (Å²) in [4.78, 5) is 29.4. The lowest BCUT2D eigenvalue weighted by atomic mass is 10.1. The third kappa shape index (κ3) is 5.63. The topological polar surface area (TPSA) is 80.3 Å². The zero-order valence-corrected chi connectivity index (χ0v) is 20.2. The number of halogens is 1. The average molecular weight is 476 g/mol. The second-order valence-electron chi connectivity index (χ2n) is 7.65. The molecule has 0 unspecified atom stereocenters. The Morgan fingerprint density at radius 2 is 1.61 bits per heavy atom. The monoisotopic (exact) mass is 475 g/mol. The first-order valence-electron chi connectivity index (χ1n) is 10.8. The van der Waals surface area contributed by atoms with Gasteiger partial charge in [0.1, 0.15) is 0 Å². The molecule has 0 spiro atoms. The molecule has 1 saturated heterocycles. The average Bonchev–Trinajstić information content (AvgIpc) is 2.83. The molecule has 2 aromatic carbocycles. The van der Waals surface area contributed by atoms with Gasteiger partial charge in [0.2, 0.25) is 11.7 Å². The minimum Gasteiger partial charge on any atom is -0.493 e. The van der Waals surface area contributed by atoms with Gasteiger partial charge in [-0.05, 0) is 36.8 Å². The summed E-state index contributed by atoms with van der Waals surface area (Å²) in [6, 6.07) is 8.59. The van der Waals surface area contributed by atoms with Gasteiger partial charge in [0.05, 0.1) is 32.7 Å². The lowest BCUT2D eigenvalue weighted by molar-refractivity contribution is -0.131. The minimum atomic E-state index is -0.338. The van der Waals surface area contributed by atoms with E-state index in [-0.39, 0.29) is 11.8 Å². The fourth-order valence-electron chi connectivity index (χ4n) is 3.86. The molecule has 178 valence electrons. The number of nitrogens with one attached hydrogen (secondary N) is 1. The number of anilines is 2. The van der Waals surface area contributed by atoms with E-state index in [0.717, 1.165) is 12.1 Å². The number of hydrogen-bond acceptors (Lipinski definition) is 6. The molecule has 2 aromatic rings. The van der Waals surface area contributed by atoms with Crippen molar-refractivity contribution in [1.29, 1.82) is 0 Å². The number of nitrogens with zero attached hydrogens (tertiary/aromatic N) is 2. The lowest BCUT2D eigenvalue weighted by Gasteiger charge is -2.37. The van der Waals surface area contributed by atoms with Crippen LogP contribution in [0.2, 0.25) is 5.02 Å². The summed E-state index contributed by atoms with van der Waals surface area (Å²) in [5.41, 5.74) is 1.79. The van der Waals surface area contributed by atoms with Crippen molar-refractivity contribution in [3.63, 3.8) is 0 Å². The third-order valence-electron chi connectivity index (χ3n) is 5.57. The van der Waals surface area contributed by atoms with Crippen molar-refractivity contribution in [3.05, 3.63) is 40.9 Å². The number of amides is 2. The highest BCUT2D eigenvalue weighted by atomic mass is 35.5. The zero-order chi connectivity index (χ0) is 24.0. The van der Waals surface area contributed by atoms with Crippen LogP contribution in [0, 0.1) is 0 Å². The van der Waals surface area contributed by atoms with Crippen LogP contribution in [0.25, 0.3) is 0 Å². The number of piperazine rings is 1. The van der Waals surface area contributed by atoms with E-state index in [1.165, 1.54) is 21.3 Å². The molecule has 0 aromatic heterocycles. The molecule has 9 heteroatoms. The van der Waals surface area contributed by atoms with Crippen LogP contribution in [-0.2, 0) is 4.79 Å². The predicted molar refractivity (Wildman–Crippen MR) is 129 cm³/mol. The first-order valence-corrected chi connectivity index (χ1v) is 11.2. The van der Waals surface area contributed by atoms with E-state index < -0.39 is 0 Å². The highest BCUT2D eigenvalue weighted by Crippen LogP contribution is 2.39. The van der Waals surface area contributed by atoms with Gasteiger partial charge in [-0.15, -0.1) is 0 Å². The van der Waals surface area contributed by atoms with E-state index in [1.807, 2.05) is 17.9 Å². The second kappa shape index (κ2) is 11.1. The molecule has 0 aliphatic carbocycles. The van der Waals surface area contributed by atoms with Gasteiger partial charge in [-0.25, -0.2) is 0 Å². The number of carbonyl (C=O) groups excluding carboxylic acids is 2. The molecule has 0 radical (unpaired) electrons. The van der Waals surface area contributed by atoms with Gasteiger partial charge in [0.15, 0.2) is 11.5 Å². The van der Waals surface area contributed by atoms with Gasteiger partial charge < -0.3 is 29.3 Å². The SMILES string of the molecule is CCCC(=O)N1CCN(c2ccc(Cl)cc2NC(=O)c2cc(OC)c(OC)c(OC)c2)CC1. The van der Waals surface area contributed by atoms with Crippen LogP contribution in [0.1, 0.15) is 30.1 Å². The maximum absolute atomic E-state index is 13.1. The van der Waals surface area contributed by atoms with Gasteiger partial charge in [0.25, 0.3) is 5.91 Å². The van der Waals surface area contributed by atoms with Crippen LogP contribution in [0.4, 0.5) is 11.4 Å². The van der Waals surface area contributed by atoms with Crippen LogP contribution >= 0.6 is 11.6 Å². The molecule has 0 bridgehead atoms. The van der Waals surface area contributed by atoms with Gasteiger partial charge in [-0.1, -0.05) is 18.5 Å². The first kappa shape index (κ1) is 24.5. The highest BCUT2D eigenvalue weighted by molar-refractivity contribution is 6.31. The molecule has 1 aliphatic heterocycles. The quantitative estimate of drug-likeness (QED) is 0.620. The van der Waals surface area contributed by atoms with Crippen molar-refractivity contribution >= 4 is 34.8 Å². The summed E-state index contributed by atoms with van der Waals surface area (Å²) in [6.07, 6.45) is 1.41. The molecule has 2 amide bonds. The molecule has 0 saturated carbocycles. The van der Waals surface area contributed by atoms with Crippen LogP contribution in [-0.4, -0.2) is 64.2 Å². The van der Waals surface area contributed by atoms with Crippen molar-refractivity contribution in [2.24, 2.45) is 0 Å². The standard InChI is InChI=1S/C24H30ClN3O5/c1-5-6-22(29)28-11-9-27(10-12-28)19-8-7-17(25)15-18(19)26-24(30)16-13-20(31-2)23(33-4)21(14-16)32-3/h7-8,13-15H,5-6,9-12H2,1-4H3,(H,26,30). The second-order valence-corrected chi connectivity index (χ2v) is 8.08. The fourth-order valence-corrected chi connectivity index (χ4v) is 4.03. The Bertz CT molecular complexity index is 981. The number of hydrogen-bond donors (Lipinski definition) is 1. The lowest BCUT2D eigenvalue weighted by Crippen LogP contribution is -2.48. The van der Waals surface area contributed by atoms with Gasteiger partial charge >= 0.3 is 0 Å². The molecular formula is C24H30ClN3O5. The zero-order valence-electron chi connectivity index (χ0n) is 19.4. The van der Waals surface area contributed by atoms with Crippen LogP contribution < -0.4 is 24.4 Å². The van der Waals surface area contributed by atoms with Crippen molar-refractivity contribution in [2.45, 2.75) is 19.8 Å². The van der Waals surface area contributed by atoms with E-state index in [4.69, 9.17) is 25.8 Å².